The quantitative estimate of drug-likeness (QED) is 0.425. The first-order valence-electron chi connectivity index (χ1n) is 9.30. The molecule has 0 radical (unpaired) electrons. The normalized spacial score (nSPS) is 13.4. The van der Waals surface area contributed by atoms with Gasteiger partial charge in [-0.15, -0.1) is 0 Å². The van der Waals surface area contributed by atoms with E-state index < -0.39 is 17.6 Å². The van der Waals surface area contributed by atoms with Crippen LogP contribution >= 0.6 is 0 Å². The minimum atomic E-state index is -2.47. The van der Waals surface area contributed by atoms with E-state index in [1.807, 2.05) is 0 Å². The summed E-state index contributed by atoms with van der Waals surface area (Å²) < 4.78 is 32.7. The van der Waals surface area contributed by atoms with Crippen molar-refractivity contribution in [2.75, 3.05) is 42.7 Å². The van der Waals surface area contributed by atoms with Gasteiger partial charge in [0, 0.05) is 52.7 Å². The van der Waals surface area contributed by atoms with Crippen molar-refractivity contribution in [2.45, 2.75) is 77.3 Å². The fourth-order valence-corrected chi connectivity index (χ4v) is 9.14. The third-order valence-electron chi connectivity index (χ3n) is 5.02. The lowest BCUT2D eigenvalue weighted by atomic mass is 10.1. The Balaban J connectivity index is 0. The lowest BCUT2D eigenvalue weighted by Gasteiger charge is -2.38. The van der Waals surface area contributed by atoms with Crippen molar-refractivity contribution in [2.24, 2.45) is 0 Å². The average Bonchev–Trinajstić information content (AvgIpc) is 2.59. The van der Waals surface area contributed by atoms with Crippen LogP contribution in [0, 0.1) is 0 Å². The molecule has 26 heavy (non-hydrogen) atoms. The third-order valence-corrected chi connectivity index (χ3v) is 12.1. The second kappa shape index (κ2) is 12.6. The van der Waals surface area contributed by atoms with Crippen LogP contribution in [0.3, 0.4) is 0 Å². The molecule has 0 atom stereocenters. The lowest BCUT2D eigenvalue weighted by Crippen LogP contribution is -2.52. The van der Waals surface area contributed by atoms with Gasteiger partial charge in [-0.1, -0.05) is 54.4 Å². The Hall–Kier alpha value is 0.194. The zero-order valence-corrected chi connectivity index (χ0v) is 21.3. The van der Waals surface area contributed by atoms with Gasteiger partial charge in [0.1, 0.15) is 0 Å². The summed E-state index contributed by atoms with van der Waals surface area (Å²) in [5.74, 6) is 0. The van der Waals surface area contributed by atoms with Gasteiger partial charge < -0.3 is 26.6 Å². The molecule has 0 aromatic heterocycles. The maximum absolute atomic E-state index is 5.45. The monoisotopic (exact) mass is 412 g/mol. The molecule has 0 bridgehead atoms. The molecule has 6 nitrogen and oxygen atoms in total. The van der Waals surface area contributed by atoms with E-state index in [0.717, 1.165) is 25.7 Å². The Morgan fingerprint density at radius 1 is 0.500 bits per heavy atom. The molecule has 0 aliphatic heterocycles. The average molecular weight is 413 g/mol. The highest BCUT2D eigenvalue weighted by Gasteiger charge is 2.53. The minimum Gasteiger partial charge on any atom is -0.377 e. The van der Waals surface area contributed by atoms with Gasteiger partial charge in [0.15, 0.2) is 0 Å². The van der Waals surface area contributed by atoms with E-state index in [0.29, 0.717) is 0 Å². The second-order valence-corrected chi connectivity index (χ2v) is 15.0. The van der Waals surface area contributed by atoms with E-state index in [2.05, 4.69) is 41.5 Å². The van der Waals surface area contributed by atoms with E-state index in [1.54, 1.807) is 42.7 Å². The van der Waals surface area contributed by atoms with Crippen molar-refractivity contribution in [1.82, 2.24) is 0 Å². The molecule has 8 heteroatoms. The predicted octanol–water partition coefficient (Wildman–Crippen LogP) is 4.89. The van der Waals surface area contributed by atoms with Gasteiger partial charge in [-0.05, 0) is 12.8 Å². The van der Waals surface area contributed by atoms with Crippen molar-refractivity contribution in [1.29, 1.82) is 0 Å². The molecule has 0 rings (SSSR count). The summed E-state index contributed by atoms with van der Waals surface area (Å²) in [5.41, 5.74) is 0. The minimum absolute atomic E-state index is 0.0139. The Kier molecular flexibility index (Phi) is 13.8. The van der Waals surface area contributed by atoms with Crippen molar-refractivity contribution >= 4 is 17.6 Å². The molecule has 0 heterocycles. The van der Waals surface area contributed by atoms with E-state index in [4.69, 9.17) is 26.6 Å². The molecule has 0 aromatic rings. The van der Waals surface area contributed by atoms with E-state index >= 15 is 0 Å². The zero-order chi connectivity index (χ0) is 21.1. The highest BCUT2D eigenvalue weighted by atomic mass is 28.4. The fourth-order valence-electron chi connectivity index (χ4n) is 3.71. The Bertz CT molecular complexity index is 305. The number of hydrogen-bond donors (Lipinski definition) is 0. The molecule has 0 aromatic carbocycles. The SMILES string of the molecule is CCCC(C)(C)[Si](OC)(OC)OC.CCCC(C)(C)[Si](OC)(OC)OC. The van der Waals surface area contributed by atoms with Crippen LogP contribution in [0.4, 0.5) is 0 Å². The smallest absolute Gasteiger partial charge is 0.377 e. The van der Waals surface area contributed by atoms with Gasteiger partial charge in [0.25, 0.3) is 0 Å². The van der Waals surface area contributed by atoms with E-state index in [1.165, 1.54) is 0 Å². The first kappa shape index (κ1) is 28.4. The molecule has 0 fully saturated rings. The molecule has 0 saturated heterocycles. The summed E-state index contributed by atoms with van der Waals surface area (Å²) in [4.78, 5) is 0. The number of hydrogen-bond acceptors (Lipinski definition) is 6. The molecule has 0 spiro atoms. The van der Waals surface area contributed by atoms with Gasteiger partial charge in [-0.25, -0.2) is 0 Å². The van der Waals surface area contributed by atoms with Crippen molar-refractivity contribution < 1.29 is 26.6 Å². The first-order valence-corrected chi connectivity index (χ1v) is 12.7. The zero-order valence-electron chi connectivity index (χ0n) is 19.3. The Morgan fingerprint density at radius 3 is 0.808 bits per heavy atom. The molecular weight excluding hydrogens is 368 g/mol. The fraction of sp³-hybridized carbons (Fsp3) is 1.00. The van der Waals surface area contributed by atoms with Gasteiger partial charge >= 0.3 is 17.6 Å². The van der Waals surface area contributed by atoms with Gasteiger partial charge in [-0.3, -0.25) is 0 Å². The summed E-state index contributed by atoms with van der Waals surface area (Å²) in [6.45, 7) is 12.9. The van der Waals surface area contributed by atoms with Crippen LogP contribution in [0.15, 0.2) is 0 Å². The van der Waals surface area contributed by atoms with Gasteiger partial charge in [-0.2, -0.15) is 0 Å². The van der Waals surface area contributed by atoms with Crippen molar-refractivity contribution in [3.63, 3.8) is 0 Å². The highest BCUT2D eigenvalue weighted by Crippen LogP contribution is 2.43. The molecule has 0 aliphatic rings. The van der Waals surface area contributed by atoms with Crippen molar-refractivity contribution in [3.05, 3.63) is 0 Å². The molecule has 0 saturated carbocycles. The number of rotatable bonds is 12. The molecule has 0 N–H and O–H groups in total. The Morgan fingerprint density at radius 2 is 0.692 bits per heavy atom. The standard InChI is InChI=1S/2C9H22O3Si/c2*1-7-8-9(2,3)13(10-4,11-5)12-6/h2*7-8H2,1-6H3. The van der Waals surface area contributed by atoms with Crippen LogP contribution in [0.5, 0.6) is 0 Å². The van der Waals surface area contributed by atoms with Crippen LogP contribution in [-0.4, -0.2) is 60.3 Å². The van der Waals surface area contributed by atoms with E-state index in [9.17, 15) is 0 Å². The summed E-state index contributed by atoms with van der Waals surface area (Å²) >= 11 is 0. The third kappa shape index (κ3) is 6.66. The molecule has 0 amide bonds. The molecular formula is C18H44O6Si2. The molecule has 0 unspecified atom stereocenters. The first-order chi connectivity index (χ1) is 12.0. The van der Waals surface area contributed by atoms with Crippen LogP contribution in [-0.2, 0) is 26.6 Å². The summed E-state index contributed by atoms with van der Waals surface area (Å²) in [6, 6.07) is 0. The van der Waals surface area contributed by atoms with Crippen molar-refractivity contribution in [3.8, 4) is 0 Å². The van der Waals surface area contributed by atoms with Gasteiger partial charge in [0.2, 0.25) is 0 Å². The summed E-state index contributed by atoms with van der Waals surface area (Å²) in [7, 11) is 5.05. The maximum Gasteiger partial charge on any atom is 0.506 e. The highest BCUT2D eigenvalue weighted by molar-refractivity contribution is 6.64. The predicted molar refractivity (Wildman–Crippen MR) is 111 cm³/mol. The second-order valence-electron chi connectivity index (χ2n) is 7.60. The van der Waals surface area contributed by atoms with Crippen LogP contribution in [0.2, 0.25) is 10.1 Å². The van der Waals surface area contributed by atoms with Crippen LogP contribution in [0.25, 0.3) is 0 Å². The Labute approximate surface area is 164 Å². The largest absolute Gasteiger partial charge is 0.506 e. The molecule has 160 valence electrons. The van der Waals surface area contributed by atoms with Gasteiger partial charge in [0.05, 0.1) is 0 Å². The lowest BCUT2D eigenvalue weighted by molar-refractivity contribution is 0.0927. The summed E-state index contributed by atoms with van der Waals surface area (Å²) in [5, 5.41) is -0.0278. The summed E-state index contributed by atoms with van der Waals surface area (Å²) in [6.07, 6.45) is 4.32. The van der Waals surface area contributed by atoms with Crippen LogP contribution < -0.4 is 0 Å². The van der Waals surface area contributed by atoms with Crippen LogP contribution in [0.1, 0.15) is 67.2 Å². The topological polar surface area (TPSA) is 55.4 Å². The maximum atomic E-state index is 5.45. The molecule has 0 aliphatic carbocycles. The van der Waals surface area contributed by atoms with E-state index in [-0.39, 0.29) is 10.1 Å².